The Hall–Kier alpha value is -3.47. The topological polar surface area (TPSA) is 128 Å². The van der Waals surface area contributed by atoms with Crippen molar-refractivity contribution in [3.63, 3.8) is 0 Å². The van der Waals surface area contributed by atoms with E-state index in [-0.39, 0.29) is 31.2 Å². The highest BCUT2D eigenvalue weighted by molar-refractivity contribution is 5.77. The van der Waals surface area contributed by atoms with Crippen LogP contribution in [0.5, 0.6) is 0 Å². The third kappa shape index (κ3) is 6.10. The summed E-state index contributed by atoms with van der Waals surface area (Å²) in [5.74, 6) is -0.296. The summed E-state index contributed by atoms with van der Waals surface area (Å²) in [5, 5.41) is 7.59. The number of hydrogen-bond donors (Lipinski definition) is 3. The zero-order chi connectivity index (χ0) is 27.0. The van der Waals surface area contributed by atoms with Crippen LogP contribution in [0.2, 0.25) is 0 Å². The van der Waals surface area contributed by atoms with Crippen LogP contribution in [0, 0.1) is 0 Å². The maximum atomic E-state index is 13.1. The van der Waals surface area contributed by atoms with Gasteiger partial charge >= 0.3 is 12.4 Å². The molecule has 0 radical (unpaired) electrons. The number of aromatic nitrogens is 4. The van der Waals surface area contributed by atoms with Gasteiger partial charge in [-0.2, -0.15) is 31.4 Å². The summed E-state index contributed by atoms with van der Waals surface area (Å²) in [6.07, 6.45) is -6.31. The number of alkyl halides is 6. The van der Waals surface area contributed by atoms with Gasteiger partial charge in [0.2, 0.25) is 5.95 Å². The van der Waals surface area contributed by atoms with Crippen molar-refractivity contribution >= 4 is 17.5 Å². The van der Waals surface area contributed by atoms with Crippen molar-refractivity contribution in [2.75, 3.05) is 36.5 Å². The minimum Gasteiger partial charge on any atom is -0.378 e. The molecule has 2 unspecified atom stereocenters. The molecule has 2 aromatic rings. The van der Waals surface area contributed by atoms with E-state index in [2.05, 4.69) is 25.9 Å². The largest absolute Gasteiger partial charge is 0.423 e. The molecule has 3 fully saturated rings. The molecule has 3 N–H and O–H groups in total. The molecule has 2 aromatic heterocycles. The lowest BCUT2D eigenvalue weighted by Gasteiger charge is -2.56. The maximum Gasteiger partial charge on any atom is 0.423 e. The molecule has 37 heavy (non-hydrogen) atoms. The van der Waals surface area contributed by atoms with E-state index < -0.39 is 46.7 Å². The molecule has 3 atom stereocenters. The summed E-state index contributed by atoms with van der Waals surface area (Å²) in [7, 11) is 0. The van der Waals surface area contributed by atoms with Gasteiger partial charge in [-0.25, -0.2) is 20.5 Å². The van der Waals surface area contributed by atoms with Crippen molar-refractivity contribution in [3.8, 4) is 0 Å². The van der Waals surface area contributed by atoms with Crippen LogP contribution in [0.1, 0.15) is 24.5 Å². The Morgan fingerprint density at radius 2 is 1.78 bits per heavy atom. The normalized spacial score (nSPS) is 20.8. The molecule has 3 aliphatic rings. The lowest BCUT2D eigenvalue weighted by molar-refractivity contribution is -0.139. The summed E-state index contributed by atoms with van der Waals surface area (Å²) in [6, 6.07) is -0.772. The summed E-state index contributed by atoms with van der Waals surface area (Å²) in [4.78, 5) is 40.2. The number of nitrogens with zero attached hydrogens (tertiary/aromatic N) is 5. The number of hydrogen-bond acceptors (Lipinski definition) is 9. The minimum atomic E-state index is -4.89. The van der Waals surface area contributed by atoms with Gasteiger partial charge in [0.15, 0.2) is 0 Å². The van der Waals surface area contributed by atoms with Crippen molar-refractivity contribution in [3.05, 3.63) is 40.1 Å². The first-order valence-electron chi connectivity index (χ1n) is 11.0. The van der Waals surface area contributed by atoms with Gasteiger partial charge in [0.05, 0.1) is 30.6 Å². The van der Waals surface area contributed by atoms with E-state index in [1.807, 2.05) is 4.90 Å². The standard InChI is InChI=1S/C20H22F6N8O3/c1-10(30-14-5-29-31-17(36)16(14)20(24,25)26)9-37-32-15(35)8-34-12-2-13(34)7-33(6-12)18-27-3-11(4-28-18)19(21,22)23/h3-5,10,12-13H,2,6-9H2,1H3,(H,32,35)(H2,30,31,36)/t10-,12?,13?/m0/s1. The molecule has 3 aliphatic heterocycles. The first-order chi connectivity index (χ1) is 17.3. The van der Waals surface area contributed by atoms with E-state index in [0.717, 1.165) is 25.0 Å². The molecule has 202 valence electrons. The fraction of sp³-hybridized carbons (Fsp3) is 0.550. The van der Waals surface area contributed by atoms with E-state index in [4.69, 9.17) is 4.84 Å². The number of aromatic amines is 1. The molecule has 5 heterocycles. The van der Waals surface area contributed by atoms with E-state index in [9.17, 15) is 35.9 Å². The maximum absolute atomic E-state index is 13.1. The number of anilines is 2. The molecule has 11 nitrogen and oxygen atoms in total. The van der Waals surface area contributed by atoms with Crippen molar-refractivity contribution in [1.29, 1.82) is 0 Å². The van der Waals surface area contributed by atoms with Crippen LogP contribution in [-0.2, 0) is 22.0 Å². The number of carbonyl (C=O) groups is 1. The van der Waals surface area contributed by atoms with Gasteiger partial charge < -0.3 is 10.2 Å². The van der Waals surface area contributed by atoms with Crippen LogP contribution in [0.4, 0.5) is 38.0 Å². The number of H-pyrrole nitrogens is 1. The molecule has 0 saturated carbocycles. The molecule has 2 bridgehead atoms. The Morgan fingerprint density at radius 1 is 1.14 bits per heavy atom. The Kier molecular flexibility index (Phi) is 7.27. The number of piperazine rings is 1. The van der Waals surface area contributed by atoms with Gasteiger partial charge in [-0.1, -0.05) is 0 Å². The lowest BCUT2D eigenvalue weighted by Crippen LogP contribution is -2.70. The quantitative estimate of drug-likeness (QED) is 0.339. The Labute approximate surface area is 205 Å². The van der Waals surface area contributed by atoms with Crippen LogP contribution in [0.15, 0.2) is 23.4 Å². The summed E-state index contributed by atoms with van der Waals surface area (Å²) in [6.45, 7) is 2.15. The second-order valence-electron chi connectivity index (χ2n) is 8.76. The average Bonchev–Trinajstić information content (AvgIpc) is 2.81. The fourth-order valence-electron chi connectivity index (χ4n) is 4.28. The molecule has 5 rings (SSSR count). The molecular formula is C20H22F6N8O3. The third-order valence-electron chi connectivity index (χ3n) is 5.98. The van der Waals surface area contributed by atoms with Crippen molar-refractivity contribution < 1.29 is 36.0 Å². The molecule has 1 amide bonds. The second-order valence-corrected chi connectivity index (χ2v) is 8.76. The number of fused-ring (bicyclic) bond motifs is 2. The first-order valence-corrected chi connectivity index (χ1v) is 11.0. The van der Waals surface area contributed by atoms with E-state index in [1.54, 1.807) is 10.00 Å². The van der Waals surface area contributed by atoms with Crippen LogP contribution in [0.25, 0.3) is 0 Å². The number of rotatable bonds is 8. The molecule has 0 aliphatic carbocycles. The highest BCUT2D eigenvalue weighted by Gasteiger charge is 2.46. The minimum absolute atomic E-state index is 0.00491. The average molecular weight is 536 g/mol. The molecular weight excluding hydrogens is 514 g/mol. The second kappa shape index (κ2) is 10.1. The smallest absolute Gasteiger partial charge is 0.378 e. The van der Waals surface area contributed by atoms with Crippen LogP contribution >= 0.6 is 0 Å². The molecule has 17 heteroatoms. The van der Waals surface area contributed by atoms with Crippen LogP contribution in [-0.4, -0.2) is 75.3 Å². The van der Waals surface area contributed by atoms with Gasteiger partial charge in [0.1, 0.15) is 5.56 Å². The fourth-order valence-corrected chi connectivity index (χ4v) is 4.28. The predicted molar refractivity (Wildman–Crippen MR) is 115 cm³/mol. The zero-order valence-corrected chi connectivity index (χ0v) is 19.2. The van der Waals surface area contributed by atoms with E-state index in [1.165, 1.54) is 6.92 Å². The number of amides is 1. The monoisotopic (exact) mass is 536 g/mol. The predicted octanol–water partition coefficient (Wildman–Crippen LogP) is 1.41. The van der Waals surface area contributed by atoms with Crippen LogP contribution < -0.4 is 21.3 Å². The number of carbonyl (C=O) groups excluding carboxylic acids is 1. The summed E-state index contributed by atoms with van der Waals surface area (Å²) in [5.41, 5.74) is -2.02. The van der Waals surface area contributed by atoms with Gasteiger partial charge in [-0.3, -0.25) is 19.3 Å². The van der Waals surface area contributed by atoms with Gasteiger partial charge in [-0.15, -0.1) is 0 Å². The van der Waals surface area contributed by atoms with Crippen molar-refractivity contribution in [2.45, 2.75) is 43.8 Å². The highest BCUT2D eigenvalue weighted by atomic mass is 19.4. The van der Waals surface area contributed by atoms with E-state index >= 15 is 0 Å². The number of piperidine rings is 1. The van der Waals surface area contributed by atoms with Gasteiger partial charge in [0, 0.05) is 43.6 Å². The van der Waals surface area contributed by atoms with Crippen molar-refractivity contribution in [2.24, 2.45) is 0 Å². The molecule has 0 spiro atoms. The Bertz CT molecular complexity index is 1160. The zero-order valence-electron chi connectivity index (χ0n) is 19.2. The lowest BCUT2D eigenvalue weighted by atomic mass is 9.87. The Morgan fingerprint density at radius 3 is 2.38 bits per heavy atom. The molecule has 0 aromatic carbocycles. The Balaban J connectivity index is 1.22. The van der Waals surface area contributed by atoms with Crippen LogP contribution in [0.3, 0.4) is 0 Å². The third-order valence-corrected chi connectivity index (χ3v) is 5.98. The van der Waals surface area contributed by atoms with Crippen molar-refractivity contribution in [1.82, 2.24) is 30.5 Å². The van der Waals surface area contributed by atoms with E-state index in [0.29, 0.717) is 13.1 Å². The molecule has 3 saturated heterocycles. The summed E-state index contributed by atoms with van der Waals surface area (Å²) < 4.78 is 77.5. The summed E-state index contributed by atoms with van der Waals surface area (Å²) >= 11 is 0. The van der Waals surface area contributed by atoms with Gasteiger partial charge in [-0.05, 0) is 13.3 Å². The number of halogens is 6. The first kappa shape index (κ1) is 26.6. The number of nitrogens with one attached hydrogen (secondary N) is 3. The highest BCUT2D eigenvalue weighted by Crippen LogP contribution is 2.34. The number of hydroxylamine groups is 1. The SMILES string of the molecule is C[C@@H](CONC(=O)CN1C2CC1CN(c1ncc(C(F)(F)F)cn1)C2)Nc1cn[nH]c(=O)c1C(F)(F)F. The van der Waals surface area contributed by atoms with Gasteiger partial charge in [0.25, 0.3) is 11.5 Å².